The normalized spacial score (nSPS) is 20.4. The van der Waals surface area contributed by atoms with Crippen molar-refractivity contribution in [1.29, 1.82) is 0 Å². The predicted molar refractivity (Wildman–Crippen MR) is 280 cm³/mol. The minimum Gasteiger partial charge on any atom is -0.490 e. The molecule has 15 heteroatoms. The number of likely N-dealkylation sites (tertiary alicyclic amines) is 1. The zero-order valence-electron chi connectivity index (χ0n) is 40.9. The number of para-hydroxylation sites is 1. The van der Waals surface area contributed by atoms with Crippen LogP contribution in [0.3, 0.4) is 0 Å². The molecule has 14 nitrogen and oxygen atoms in total. The van der Waals surface area contributed by atoms with Crippen LogP contribution in [0.4, 0.5) is 10.9 Å². The smallest absolute Gasteiger partial charge is 0.355 e. The van der Waals surface area contributed by atoms with Crippen LogP contribution in [-0.2, 0) is 29.6 Å². The number of fused-ring (bicyclic) bond motifs is 3. The second-order valence-electron chi connectivity index (χ2n) is 20.2. The molecule has 1 saturated carbocycles. The molecule has 11 rings (SSSR count). The van der Waals surface area contributed by atoms with Crippen LogP contribution in [0.1, 0.15) is 125 Å². The number of rotatable bonds is 14. The topological polar surface area (TPSA) is 172 Å². The molecular formula is C57H60N8O6S. The van der Waals surface area contributed by atoms with E-state index in [0.717, 1.165) is 107 Å². The number of unbranched alkanes of at least 4 members (excludes halogenated alkanes) is 1. The third-order valence-corrected chi connectivity index (χ3v) is 16.6. The Kier molecular flexibility index (Phi) is 13.3. The first-order valence-electron chi connectivity index (χ1n) is 25.6. The number of carboxylic acid groups (broad SMARTS) is 1. The summed E-state index contributed by atoms with van der Waals surface area (Å²) >= 11 is 1.44. The fourth-order valence-electron chi connectivity index (χ4n) is 11.7. The first-order valence-corrected chi connectivity index (χ1v) is 26.4. The van der Waals surface area contributed by atoms with Gasteiger partial charge in [0.05, 0.1) is 33.4 Å². The van der Waals surface area contributed by atoms with E-state index >= 15 is 0 Å². The molecule has 72 heavy (non-hydrogen) atoms. The van der Waals surface area contributed by atoms with Crippen molar-refractivity contribution in [1.82, 2.24) is 30.0 Å². The van der Waals surface area contributed by atoms with Gasteiger partial charge >= 0.3 is 5.97 Å². The van der Waals surface area contributed by atoms with Gasteiger partial charge in [-0.15, -0.1) is 0 Å². The average molecular weight is 985 g/mol. The lowest BCUT2D eigenvalue weighted by atomic mass is 9.84. The molecule has 3 aromatic heterocycles. The molecule has 0 spiro atoms. The summed E-state index contributed by atoms with van der Waals surface area (Å²) in [5.74, 6) is 0.315. The predicted octanol–water partition coefficient (Wildman–Crippen LogP) is 10.2. The minimum absolute atomic E-state index is 0.0171. The highest BCUT2D eigenvalue weighted by Gasteiger charge is 2.33. The maximum Gasteiger partial charge on any atom is 0.355 e. The van der Waals surface area contributed by atoms with E-state index in [1.165, 1.54) is 36.2 Å². The maximum absolute atomic E-state index is 13.7. The van der Waals surface area contributed by atoms with Gasteiger partial charge < -0.3 is 19.6 Å². The van der Waals surface area contributed by atoms with Crippen molar-refractivity contribution in [3.05, 3.63) is 130 Å². The first-order chi connectivity index (χ1) is 35.0. The van der Waals surface area contributed by atoms with Gasteiger partial charge in [0.2, 0.25) is 11.8 Å². The number of pyridine rings is 1. The van der Waals surface area contributed by atoms with E-state index in [0.29, 0.717) is 66.3 Å². The molecule has 4 aromatic carbocycles. The lowest BCUT2D eigenvalue weighted by Gasteiger charge is -2.31. The van der Waals surface area contributed by atoms with Crippen molar-refractivity contribution in [2.24, 2.45) is 13.0 Å². The van der Waals surface area contributed by atoms with Gasteiger partial charge in [0.1, 0.15) is 11.6 Å². The second-order valence-corrected chi connectivity index (χ2v) is 21.2. The van der Waals surface area contributed by atoms with Crippen molar-refractivity contribution >= 4 is 67.1 Å². The van der Waals surface area contributed by atoms with Gasteiger partial charge in [0, 0.05) is 49.6 Å². The number of aryl methyl sites for hydroxylation is 1. The van der Waals surface area contributed by atoms with E-state index in [9.17, 15) is 24.3 Å². The highest BCUT2D eigenvalue weighted by atomic mass is 32.1. The van der Waals surface area contributed by atoms with E-state index in [1.807, 2.05) is 85.4 Å². The molecule has 6 heterocycles. The molecule has 7 aromatic rings. The Morgan fingerprint density at radius 1 is 0.875 bits per heavy atom. The van der Waals surface area contributed by atoms with E-state index in [-0.39, 0.29) is 29.5 Å². The Morgan fingerprint density at radius 2 is 1.72 bits per heavy atom. The molecule has 3 aliphatic heterocycles. The van der Waals surface area contributed by atoms with Crippen molar-refractivity contribution < 1.29 is 29.0 Å². The summed E-state index contributed by atoms with van der Waals surface area (Å²) in [5.41, 5.74) is 8.72. The number of aromatic nitrogens is 4. The van der Waals surface area contributed by atoms with Gasteiger partial charge in [0.25, 0.3) is 5.91 Å². The number of hydrogen-bond donors (Lipinski definition) is 3. The fraction of sp³-hybridized carbons (Fsp3) is 0.386. The molecule has 2 atom stereocenters. The number of anilines is 2. The number of aromatic carboxylic acids is 1. The number of imide groups is 1. The van der Waals surface area contributed by atoms with Crippen LogP contribution in [0.5, 0.6) is 5.75 Å². The van der Waals surface area contributed by atoms with Crippen LogP contribution in [-0.4, -0.2) is 85.7 Å². The number of piperidine rings is 1. The second kappa shape index (κ2) is 20.3. The van der Waals surface area contributed by atoms with Gasteiger partial charge in [-0.2, -0.15) is 5.10 Å². The number of benzene rings is 4. The molecule has 3 fully saturated rings. The molecule has 370 valence electrons. The summed E-state index contributed by atoms with van der Waals surface area (Å²) < 4.78 is 9.57. The minimum atomic E-state index is -1.10. The fourth-order valence-corrected chi connectivity index (χ4v) is 12.5. The van der Waals surface area contributed by atoms with Crippen molar-refractivity contribution in [3.63, 3.8) is 0 Å². The molecule has 3 amide bonds. The third kappa shape index (κ3) is 9.71. The molecule has 4 aliphatic rings. The largest absolute Gasteiger partial charge is 0.490 e. The summed E-state index contributed by atoms with van der Waals surface area (Å²) in [6.45, 7) is 6.32. The highest BCUT2D eigenvalue weighted by molar-refractivity contribution is 7.22. The van der Waals surface area contributed by atoms with E-state index in [1.54, 1.807) is 0 Å². The SMILES string of the molecule is Cc1c(OC2CCC(CCCCN3CC[C@@H](c4ccc5c([C@@H]6CCC(=O)NC6=O)nn(C)c5c4)C3)CC2)cccc1-c1ccc(N2CCc3cccc(C(=O)Nc4nc5ccccc5s4)c3C2)nc1C(=O)O. The third-order valence-electron chi connectivity index (χ3n) is 15.7. The molecule has 0 bridgehead atoms. The summed E-state index contributed by atoms with van der Waals surface area (Å²) in [6, 6.07) is 29.8. The van der Waals surface area contributed by atoms with Gasteiger partial charge in [0.15, 0.2) is 10.8 Å². The summed E-state index contributed by atoms with van der Waals surface area (Å²) in [7, 11) is 1.93. The van der Waals surface area contributed by atoms with Crippen LogP contribution in [0, 0.1) is 12.8 Å². The van der Waals surface area contributed by atoms with Gasteiger partial charge in [-0.3, -0.25) is 29.7 Å². The summed E-state index contributed by atoms with van der Waals surface area (Å²) in [6.07, 6.45) is 10.7. The molecular weight excluding hydrogens is 925 g/mol. The summed E-state index contributed by atoms with van der Waals surface area (Å²) in [4.78, 5) is 64.9. The zero-order valence-corrected chi connectivity index (χ0v) is 41.7. The Morgan fingerprint density at radius 3 is 2.56 bits per heavy atom. The van der Waals surface area contributed by atoms with Crippen molar-refractivity contribution in [3.8, 4) is 16.9 Å². The van der Waals surface area contributed by atoms with E-state index in [4.69, 9.17) is 14.8 Å². The van der Waals surface area contributed by atoms with Gasteiger partial charge in [-0.1, -0.05) is 72.7 Å². The lowest BCUT2D eigenvalue weighted by Crippen LogP contribution is -2.39. The number of carbonyl (C=O) groups is 4. The van der Waals surface area contributed by atoms with Crippen LogP contribution < -0.4 is 20.3 Å². The van der Waals surface area contributed by atoms with Crippen molar-refractivity contribution in [2.75, 3.05) is 36.4 Å². The number of ether oxygens (including phenoxy) is 1. The number of thiazole rings is 1. The van der Waals surface area contributed by atoms with E-state index in [2.05, 4.69) is 49.7 Å². The number of nitrogens with zero attached hydrogens (tertiary/aromatic N) is 6. The zero-order chi connectivity index (χ0) is 49.5. The van der Waals surface area contributed by atoms with Gasteiger partial charge in [-0.25, -0.2) is 14.8 Å². The maximum atomic E-state index is 13.7. The highest BCUT2D eigenvalue weighted by Crippen LogP contribution is 2.39. The lowest BCUT2D eigenvalue weighted by molar-refractivity contribution is -0.134. The Labute approximate surface area is 422 Å². The molecule has 0 radical (unpaired) electrons. The number of amides is 3. The van der Waals surface area contributed by atoms with E-state index < -0.39 is 11.9 Å². The Hall–Kier alpha value is -6.97. The van der Waals surface area contributed by atoms with Crippen LogP contribution in [0.15, 0.2) is 91.0 Å². The van der Waals surface area contributed by atoms with Crippen molar-refractivity contribution in [2.45, 2.75) is 102 Å². The number of carbonyl (C=O) groups excluding carboxylic acids is 3. The standard InChI is InChI=1S/C57H60N8O6S/c1-34-40(41-22-24-50(59-53(41)56(69)70)65-30-27-36-10-7-12-42(45(36)33-65)54(67)61-57-58-46-13-3-4-15-49(46)72-57)11-8-14-48(34)71-39-19-16-35(17-20-39)9-5-6-28-64-29-26-38(32-64)37-18-21-43-47(31-37)63(2)62-52(43)44-23-25-51(66)60-55(44)68/h3-4,7-8,10-15,18,21-22,24,31,35,38-39,44H,5-6,9,16-17,19-20,23,25-30,32-33H2,1-2H3,(H,69,70)(H,58,61,67)(H,60,66,68)/t35?,38-,39?,44+/m1/s1. The number of carboxylic acids is 1. The Bertz CT molecular complexity index is 3200. The molecule has 0 unspecified atom stereocenters. The number of hydrogen-bond acceptors (Lipinski definition) is 11. The first kappa shape index (κ1) is 47.4. The summed E-state index contributed by atoms with van der Waals surface area (Å²) in [5, 5.41) is 22.3. The number of nitrogens with one attached hydrogen (secondary N) is 2. The molecule has 3 N–H and O–H groups in total. The average Bonchev–Trinajstić information content (AvgIpc) is 4.12. The Balaban J connectivity index is 0.662. The molecule has 2 saturated heterocycles. The van der Waals surface area contributed by atoms with Crippen LogP contribution in [0.2, 0.25) is 0 Å². The monoisotopic (exact) mass is 984 g/mol. The molecule has 1 aliphatic carbocycles. The van der Waals surface area contributed by atoms with Crippen LogP contribution in [0.25, 0.3) is 32.2 Å². The quantitative estimate of drug-likeness (QED) is 0.0700. The van der Waals surface area contributed by atoms with Gasteiger partial charge in [-0.05, 0) is 153 Å². The van der Waals surface area contributed by atoms with Crippen LogP contribution >= 0.6 is 11.3 Å².